The van der Waals surface area contributed by atoms with Gasteiger partial charge in [-0.2, -0.15) is 65.9 Å². The van der Waals surface area contributed by atoms with Crippen LogP contribution >= 0.6 is 0 Å². The lowest BCUT2D eigenvalue weighted by Gasteiger charge is -2.39. The van der Waals surface area contributed by atoms with Crippen molar-refractivity contribution in [1.29, 1.82) is 0 Å². The smallest absolute Gasteiger partial charge is 0.262 e. The molecule has 1 unspecified atom stereocenters. The third-order valence-corrected chi connectivity index (χ3v) is 2.20. The summed E-state index contributed by atoms with van der Waals surface area (Å²) in [4.78, 5) is 0. The van der Waals surface area contributed by atoms with Crippen molar-refractivity contribution in [1.82, 2.24) is 0 Å². The molecule has 0 fully saturated rings. The lowest BCUT2D eigenvalue weighted by molar-refractivity contribution is -0.550. The quantitative estimate of drug-likeness (QED) is 0.514. The van der Waals surface area contributed by atoms with E-state index in [2.05, 4.69) is 0 Å². The van der Waals surface area contributed by atoms with Crippen molar-refractivity contribution in [2.75, 3.05) is 6.67 Å². The van der Waals surface area contributed by atoms with Crippen LogP contribution in [-0.4, -0.2) is 49.1 Å². The maximum atomic E-state index is 13.5. The summed E-state index contributed by atoms with van der Waals surface area (Å²) in [6.07, 6.45) is -36.6. The highest BCUT2D eigenvalue weighted by Gasteiger charge is 2.81. The van der Waals surface area contributed by atoms with Crippen molar-refractivity contribution in [2.24, 2.45) is 0 Å². The Hall–Kier alpha value is -1.20. The molecule has 0 aliphatic heterocycles. The summed E-state index contributed by atoms with van der Waals surface area (Å²) in [7, 11) is 0. The molecule has 0 aromatic carbocycles. The summed E-state index contributed by atoms with van der Waals surface area (Å²) in [5.41, 5.74) is 0. The summed E-state index contributed by atoms with van der Waals surface area (Å²) in [6.45, 7) is -3.89. The van der Waals surface area contributed by atoms with Crippen molar-refractivity contribution in [3.63, 3.8) is 0 Å². The maximum absolute atomic E-state index is 13.5. The van der Waals surface area contributed by atoms with Gasteiger partial charge in [-0.05, 0) is 0 Å². The van der Waals surface area contributed by atoms with Gasteiger partial charge in [0.1, 0.15) is 0 Å². The van der Waals surface area contributed by atoms with E-state index in [1.54, 1.807) is 0 Å². The van der Waals surface area contributed by atoms with E-state index in [9.17, 15) is 70.2 Å². The molecule has 0 spiro atoms. The van der Waals surface area contributed by atoms with Gasteiger partial charge in [-0.25, -0.2) is 9.13 Å². The molecule has 18 heteroatoms. The van der Waals surface area contributed by atoms with Crippen molar-refractivity contribution in [2.45, 2.75) is 42.5 Å². The second kappa shape index (κ2) is 6.45. The minimum absolute atomic E-state index is 1.36. The maximum Gasteiger partial charge on any atom is 0.483 e. The van der Waals surface area contributed by atoms with E-state index in [0.29, 0.717) is 0 Å². The second-order valence-electron chi connectivity index (χ2n) is 4.18. The summed E-state index contributed by atoms with van der Waals surface area (Å²) >= 11 is 0. The molecule has 0 aliphatic carbocycles. The van der Waals surface area contributed by atoms with Crippen molar-refractivity contribution >= 4 is 0 Å². The lowest BCUT2D eigenvalue weighted by atomic mass is 10.1. The molecule has 0 N–H and O–H groups in total. The molecule has 2 nitrogen and oxygen atoms in total. The Morgan fingerprint density at radius 1 is 0.462 bits per heavy atom. The number of hydrogen-bond donors (Lipinski definition) is 0. The van der Waals surface area contributed by atoms with E-state index in [1.165, 1.54) is 9.47 Å². The SMILES string of the molecule is FCC(F)(F)C(F)(OC(F)(F)C(F)(F)F)C(F)(F)OC(F)(F)C(F)(F)F. The first-order valence-corrected chi connectivity index (χ1v) is 5.27. The Balaban J connectivity index is 6.29. The zero-order valence-electron chi connectivity index (χ0n) is 11.1. The van der Waals surface area contributed by atoms with Crippen molar-refractivity contribution in [3.05, 3.63) is 0 Å². The highest BCUT2D eigenvalue weighted by molar-refractivity contribution is 4.95. The summed E-state index contributed by atoms with van der Waals surface area (Å²) in [5.74, 6) is -14.3. The Bertz CT molecular complexity index is 491. The normalized spacial score (nSPS) is 18.0. The Labute approximate surface area is 130 Å². The van der Waals surface area contributed by atoms with Crippen LogP contribution in [0, 0.1) is 0 Å². The molecule has 0 aromatic rings. The van der Waals surface area contributed by atoms with Gasteiger partial charge in [0.25, 0.3) is 0 Å². The van der Waals surface area contributed by atoms with E-state index >= 15 is 0 Å². The van der Waals surface area contributed by atoms with Crippen molar-refractivity contribution in [3.8, 4) is 0 Å². The van der Waals surface area contributed by atoms with Crippen LogP contribution in [0.25, 0.3) is 0 Å². The van der Waals surface area contributed by atoms with E-state index < -0.39 is 49.1 Å². The molecule has 1 atom stereocenters. The van der Waals surface area contributed by atoms with Crippen LogP contribution in [0.1, 0.15) is 0 Å². The largest absolute Gasteiger partial charge is 0.483 e. The van der Waals surface area contributed by atoms with Gasteiger partial charge in [-0.15, -0.1) is 0 Å². The molecule has 0 radical (unpaired) electrons. The number of rotatable bonds is 7. The van der Waals surface area contributed by atoms with Gasteiger partial charge in [0, 0.05) is 0 Å². The average Bonchev–Trinajstić information content (AvgIpc) is 2.33. The van der Waals surface area contributed by atoms with E-state index in [1.807, 2.05) is 0 Å². The number of ether oxygens (including phenoxy) is 2. The first kappa shape index (κ1) is 24.8. The average molecular weight is 434 g/mol. The van der Waals surface area contributed by atoms with Crippen LogP contribution in [0.2, 0.25) is 0 Å². The van der Waals surface area contributed by atoms with Crippen LogP contribution < -0.4 is 0 Å². The third-order valence-electron chi connectivity index (χ3n) is 2.20. The summed E-state index contributed by atoms with van der Waals surface area (Å²) < 4.78 is 200. The number of alkyl halides is 16. The molecule has 26 heavy (non-hydrogen) atoms. The lowest BCUT2D eigenvalue weighted by Crippen LogP contribution is -2.66. The zero-order valence-corrected chi connectivity index (χ0v) is 11.1. The molecule has 0 saturated carbocycles. The topological polar surface area (TPSA) is 18.5 Å². The molecular formula is C8H2F16O2. The standard InChI is InChI=1S/C8H2F16O2/c9-1-2(10,11)3(12,25-7(21,22)4(13,14)15)6(19,20)26-8(23,24)5(16,17)18/h1H2. The van der Waals surface area contributed by atoms with Gasteiger partial charge in [0.05, 0.1) is 0 Å². The van der Waals surface area contributed by atoms with E-state index in [4.69, 9.17) is 0 Å². The van der Waals surface area contributed by atoms with Gasteiger partial charge in [0.15, 0.2) is 6.67 Å². The summed E-state index contributed by atoms with van der Waals surface area (Å²) in [5, 5.41) is 0. The summed E-state index contributed by atoms with van der Waals surface area (Å²) in [6, 6.07) is 0. The predicted molar refractivity (Wildman–Crippen MR) is 43.9 cm³/mol. The Kier molecular flexibility index (Phi) is 6.15. The molecule has 0 aliphatic rings. The van der Waals surface area contributed by atoms with E-state index in [-0.39, 0.29) is 0 Å². The van der Waals surface area contributed by atoms with Gasteiger partial charge in [0.2, 0.25) is 0 Å². The molecule has 0 heterocycles. The van der Waals surface area contributed by atoms with Gasteiger partial charge < -0.3 is 0 Å². The van der Waals surface area contributed by atoms with E-state index in [0.717, 1.165) is 0 Å². The minimum Gasteiger partial charge on any atom is -0.262 e. The molecule has 0 aromatic heterocycles. The first-order valence-electron chi connectivity index (χ1n) is 5.27. The van der Waals surface area contributed by atoms with Crippen LogP contribution in [0.15, 0.2) is 0 Å². The monoisotopic (exact) mass is 434 g/mol. The fraction of sp³-hybridized carbons (Fsp3) is 1.00. The number of hydrogen-bond acceptors (Lipinski definition) is 2. The molecule has 158 valence electrons. The van der Waals surface area contributed by atoms with Gasteiger partial charge in [-0.1, -0.05) is 0 Å². The third kappa shape index (κ3) is 4.37. The first-order chi connectivity index (χ1) is 11.0. The predicted octanol–water partition coefficient (Wildman–Crippen LogP) is 5.19. The molecule has 0 amide bonds. The van der Waals surface area contributed by atoms with Gasteiger partial charge >= 0.3 is 42.5 Å². The highest BCUT2D eigenvalue weighted by Crippen LogP contribution is 2.54. The fourth-order valence-corrected chi connectivity index (χ4v) is 0.952. The van der Waals surface area contributed by atoms with Gasteiger partial charge in [-0.3, -0.25) is 4.74 Å². The zero-order chi connectivity index (χ0) is 21.6. The Morgan fingerprint density at radius 3 is 1.04 bits per heavy atom. The molecule has 0 saturated heterocycles. The highest BCUT2D eigenvalue weighted by atomic mass is 19.4. The van der Waals surface area contributed by atoms with Crippen molar-refractivity contribution < 1.29 is 79.7 Å². The Morgan fingerprint density at radius 2 is 0.769 bits per heavy atom. The van der Waals surface area contributed by atoms with Crippen LogP contribution in [0.3, 0.4) is 0 Å². The molecular weight excluding hydrogens is 432 g/mol. The van der Waals surface area contributed by atoms with Crippen LogP contribution in [0.5, 0.6) is 0 Å². The van der Waals surface area contributed by atoms with Crippen LogP contribution in [-0.2, 0) is 9.47 Å². The number of halogens is 16. The minimum atomic E-state index is -7.57. The van der Waals surface area contributed by atoms with Crippen LogP contribution in [0.4, 0.5) is 70.2 Å². The molecule has 0 rings (SSSR count). The fourth-order valence-electron chi connectivity index (χ4n) is 0.952. The second-order valence-corrected chi connectivity index (χ2v) is 4.18. The molecule has 0 bridgehead atoms.